The zero-order valence-electron chi connectivity index (χ0n) is 30.0. The lowest BCUT2D eigenvalue weighted by atomic mass is 9.55. The normalized spacial score (nSPS) is 40.9. The maximum absolute atomic E-state index is 14.3. The molecule has 4 fully saturated rings. The number of hydrogen-bond donors (Lipinski definition) is 6. The zero-order chi connectivity index (χ0) is 39.6. The highest BCUT2D eigenvalue weighted by molar-refractivity contribution is 6.18. The minimum atomic E-state index is -2.26. The third-order valence-electron chi connectivity index (χ3n) is 12.6. The molecule has 0 aromatic heterocycles. The van der Waals surface area contributed by atoms with Gasteiger partial charge in [-0.1, -0.05) is 12.1 Å². The van der Waals surface area contributed by atoms with Gasteiger partial charge in [0.25, 0.3) is 0 Å². The topological polar surface area (TPSA) is 267 Å². The van der Waals surface area contributed by atoms with Gasteiger partial charge in [-0.2, -0.15) is 0 Å². The van der Waals surface area contributed by atoms with Crippen molar-refractivity contribution in [3.63, 3.8) is 0 Å². The van der Waals surface area contributed by atoms with Crippen LogP contribution in [0.25, 0.3) is 11.1 Å². The van der Waals surface area contributed by atoms with E-state index in [0.29, 0.717) is 0 Å². The number of epoxide rings is 2. The molecule has 0 radical (unpaired) electrons. The van der Waals surface area contributed by atoms with E-state index in [1.54, 1.807) is 0 Å². The van der Waals surface area contributed by atoms with E-state index in [0.717, 1.165) is 13.8 Å². The summed E-state index contributed by atoms with van der Waals surface area (Å²) in [5, 5.41) is 70.0. The number of hydrogen-bond acceptors (Lipinski definition) is 16. The first-order valence-corrected chi connectivity index (χ1v) is 17.4. The minimum Gasteiger partial charge on any atom is -0.507 e. The van der Waals surface area contributed by atoms with Crippen molar-refractivity contribution in [1.82, 2.24) is 0 Å². The lowest BCUT2D eigenvalue weighted by molar-refractivity contribution is -0.164. The Morgan fingerprint density at radius 1 is 0.648 bits per heavy atom. The van der Waals surface area contributed by atoms with Crippen molar-refractivity contribution >= 4 is 35.1 Å². The van der Waals surface area contributed by atoms with Crippen molar-refractivity contribution < 1.29 is 78.4 Å². The molecule has 16 heteroatoms. The van der Waals surface area contributed by atoms with Gasteiger partial charge in [0.2, 0.25) is 0 Å². The van der Waals surface area contributed by atoms with Gasteiger partial charge in [-0.15, -0.1) is 0 Å². The van der Waals surface area contributed by atoms with E-state index < -0.39 is 140 Å². The number of ketones is 4. The molecule has 286 valence electrons. The molecule has 0 spiro atoms. The summed E-state index contributed by atoms with van der Waals surface area (Å²) in [5.74, 6) is -9.02. The minimum absolute atomic E-state index is 0.213. The maximum Gasteiger partial charge on any atom is 0.302 e. The fraction of sp³-hybridized carbons (Fsp3) is 0.526. The van der Waals surface area contributed by atoms with Crippen molar-refractivity contribution in [2.75, 3.05) is 0 Å². The van der Waals surface area contributed by atoms with Crippen LogP contribution in [-0.2, 0) is 38.1 Å². The van der Waals surface area contributed by atoms with Crippen LogP contribution in [0.1, 0.15) is 98.4 Å². The SMILES string of the molecule is CC(=O)O[C@H](C)C1[C@@](C)(O)CC(=O)[C@]23O[C@]12C(=O)c1ccc(-c2ccc4c(c2O)[C@@H](O)[C@@]25O[C@]2(C4=O)[C@@H]([C@@H](C)OC(C)=O)[C@@](C)(O)CC5=O)c(O)c1[C@H]3O. The summed E-state index contributed by atoms with van der Waals surface area (Å²) >= 11 is 0. The number of aromatic hydroxyl groups is 2. The first-order chi connectivity index (χ1) is 25.0. The number of aliphatic hydroxyl groups excluding tert-OH is 2. The predicted octanol–water partition coefficient (Wildman–Crippen LogP) is 0.823. The lowest BCUT2D eigenvalue weighted by Crippen LogP contribution is -2.65. The van der Waals surface area contributed by atoms with Crippen molar-refractivity contribution in [1.29, 1.82) is 0 Å². The van der Waals surface area contributed by atoms with Crippen LogP contribution in [-0.4, -0.2) is 112 Å². The second kappa shape index (κ2) is 10.6. The molecule has 2 saturated heterocycles. The van der Waals surface area contributed by atoms with E-state index >= 15 is 0 Å². The van der Waals surface area contributed by atoms with E-state index in [9.17, 15) is 59.4 Å². The van der Waals surface area contributed by atoms with E-state index in [2.05, 4.69) is 0 Å². The van der Waals surface area contributed by atoms with Gasteiger partial charge in [0, 0.05) is 60.1 Å². The number of benzene rings is 2. The fourth-order valence-corrected chi connectivity index (χ4v) is 10.9. The average molecular weight is 751 g/mol. The second-order valence-corrected chi connectivity index (χ2v) is 16.0. The molecule has 2 aromatic rings. The van der Waals surface area contributed by atoms with E-state index in [1.807, 2.05) is 0 Å². The fourth-order valence-electron chi connectivity index (χ4n) is 10.9. The Labute approximate surface area is 306 Å². The number of ether oxygens (including phenoxy) is 4. The highest BCUT2D eigenvalue weighted by Gasteiger charge is 2.92. The molecule has 16 nitrogen and oxygen atoms in total. The van der Waals surface area contributed by atoms with Gasteiger partial charge in [-0.25, -0.2) is 0 Å². The Kier molecular flexibility index (Phi) is 7.13. The molecule has 6 N–H and O–H groups in total. The highest BCUT2D eigenvalue weighted by atomic mass is 16.7. The molecule has 12 atom stereocenters. The van der Waals surface area contributed by atoms with Crippen LogP contribution in [0.15, 0.2) is 24.3 Å². The number of aliphatic hydroxyl groups is 4. The quantitative estimate of drug-likeness (QED) is 0.182. The van der Waals surface area contributed by atoms with E-state index in [4.69, 9.17) is 18.9 Å². The summed E-state index contributed by atoms with van der Waals surface area (Å²) < 4.78 is 22.5. The molecule has 2 aromatic carbocycles. The van der Waals surface area contributed by atoms with Crippen LogP contribution in [0.4, 0.5) is 0 Å². The Hall–Kier alpha value is -4.58. The van der Waals surface area contributed by atoms with Gasteiger partial charge in [-0.3, -0.25) is 28.8 Å². The maximum atomic E-state index is 14.3. The van der Waals surface area contributed by atoms with Gasteiger partial charge in [-0.05, 0) is 39.8 Å². The van der Waals surface area contributed by atoms with Crippen molar-refractivity contribution in [3.8, 4) is 22.6 Å². The van der Waals surface area contributed by atoms with Gasteiger partial charge >= 0.3 is 11.9 Å². The number of carbonyl (C=O) groups excluding carboxylic acids is 6. The van der Waals surface area contributed by atoms with E-state index in [1.165, 1.54) is 52.0 Å². The summed E-state index contributed by atoms with van der Waals surface area (Å²) in [6, 6.07) is 4.85. The summed E-state index contributed by atoms with van der Waals surface area (Å²) in [6.07, 6.45) is -7.48. The Morgan fingerprint density at radius 3 is 1.28 bits per heavy atom. The van der Waals surface area contributed by atoms with Crippen LogP contribution in [0.2, 0.25) is 0 Å². The Balaban J connectivity index is 1.24. The Bertz CT molecular complexity index is 2020. The number of Topliss-reactive ketones (excluding diaryl/α,β-unsaturated/α-hetero) is 4. The number of rotatable bonds is 5. The first-order valence-electron chi connectivity index (χ1n) is 17.4. The van der Waals surface area contributed by atoms with Crippen LogP contribution in [0, 0.1) is 11.8 Å². The molecule has 2 heterocycles. The molecular formula is C38H38O16. The number of carbonyl (C=O) groups is 6. The van der Waals surface area contributed by atoms with Crippen LogP contribution >= 0.6 is 0 Å². The molecule has 4 aliphatic carbocycles. The van der Waals surface area contributed by atoms with Gasteiger partial charge < -0.3 is 49.6 Å². The summed E-state index contributed by atoms with van der Waals surface area (Å²) in [4.78, 5) is 79.8. The third kappa shape index (κ3) is 3.92. The monoisotopic (exact) mass is 750 g/mol. The lowest BCUT2D eigenvalue weighted by Gasteiger charge is -2.46. The number of esters is 2. The zero-order valence-corrected chi connectivity index (χ0v) is 30.0. The number of fused-ring (bicyclic) bond motifs is 2. The Morgan fingerprint density at radius 2 is 0.963 bits per heavy atom. The molecular weight excluding hydrogens is 712 g/mol. The smallest absolute Gasteiger partial charge is 0.302 e. The van der Waals surface area contributed by atoms with Crippen molar-refractivity contribution in [2.24, 2.45) is 11.8 Å². The van der Waals surface area contributed by atoms with Gasteiger partial charge in [0.1, 0.15) is 35.9 Å². The standard InChI is InChI=1S/C38H38O16/c1-13(51-15(3)39)27-33(5,49)11-21(41)35-31(47)23-19(29(45)37(27,35)53-35)9-7-17(25(23)43)18-8-10-20-24(26(18)44)32(48)36-22(42)12-34(6,50)28(14(2)52-16(4)40)38(36,54-36)30(20)46/h7-10,13-14,27-28,31-32,43-44,47-50H,11-12H2,1-6H3/t13-,14-,27+,28?,31-,32-,33+,34+,35-,36-,37+,38+/m1/s1. The molecule has 0 bridgehead atoms. The van der Waals surface area contributed by atoms with Crippen molar-refractivity contribution in [2.45, 2.75) is 112 Å². The third-order valence-corrected chi connectivity index (χ3v) is 12.6. The van der Waals surface area contributed by atoms with Crippen LogP contribution < -0.4 is 0 Å². The summed E-state index contributed by atoms with van der Waals surface area (Å²) in [6.45, 7) is 7.69. The highest BCUT2D eigenvalue weighted by Crippen LogP contribution is 2.73. The van der Waals surface area contributed by atoms with Gasteiger partial charge in [0.05, 0.1) is 23.0 Å². The summed E-state index contributed by atoms with van der Waals surface area (Å²) in [5.41, 5.74) is -14.5. The predicted molar refractivity (Wildman–Crippen MR) is 177 cm³/mol. The molecule has 0 amide bonds. The molecule has 2 saturated carbocycles. The number of phenols is 2. The first kappa shape index (κ1) is 36.4. The average Bonchev–Trinajstić information content (AvgIpc) is 3.94. The number of phenolic OH excluding ortho intramolecular Hbond substituents is 2. The van der Waals surface area contributed by atoms with Gasteiger partial charge in [0.15, 0.2) is 45.5 Å². The second-order valence-electron chi connectivity index (χ2n) is 16.0. The van der Waals surface area contributed by atoms with E-state index in [-0.39, 0.29) is 22.3 Å². The molecule has 2 aliphatic heterocycles. The van der Waals surface area contributed by atoms with Crippen molar-refractivity contribution in [3.05, 3.63) is 46.5 Å². The summed E-state index contributed by atoms with van der Waals surface area (Å²) in [7, 11) is 0. The molecule has 6 aliphatic rings. The molecule has 1 unspecified atom stereocenters. The largest absolute Gasteiger partial charge is 0.507 e. The van der Waals surface area contributed by atoms with Crippen LogP contribution in [0.3, 0.4) is 0 Å². The van der Waals surface area contributed by atoms with Crippen LogP contribution in [0.5, 0.6) is 11.5 Å². The molecule has 8 rings (SSSR count). The molecule has 54 heavy (non-hydrogen) atoms.